The molecule has 0 radical (unpaired) electrons. The van der Waals surface area contributed by atoms with Crippen molar-refractivity contribution < 1.29 is 14.3 Å². The van der Waals surface area contributed by atoms with Gasteiger partial charge in [-0.2, -0.15) is 0 Å². The Balaban J connectivity index is 2.67. The van der Waals surface area contributed by atoms with E-state index in [-0.39, 0.29) is 11.5 Å². The second-order valence-corrected chi connectivity index (χ2v) is 5.56. The van der Waals surface area contributed by atoms with E-state index in [1.807, 2.05) is 39.0 Å². The molecule has 0 aliphatic carbocycles. The molecule has 0 spiro atoms. The first-order valence-electron chi connectivity index (χ1n) is 6.97. The Morgan fingerprint density at radius 2 is 1.71 bits per heavy atom. The number of carboxylic acids is 1. The van der Waals surface area contributed by atoms with Crippen LogP contribution >= 0.6 is 0 Å². The molecule has 0 bridgehead atoms. The van der Waals surface area contributed by atoms with Gasteiger partial charge >= 0.3 is 0 Å². The second-order valence-electron chi connectivity index (χ2n) is 5.56. The zero-order chi connectivity index (χ0) is 15.6. The molecule has 0 saturated heterocycles. The summed E-state index contributed by atoms with van der Waals surface area (Å²) in [6.45, 7) is 5.87. The molecule has 0 fully saturated rings. The fourth-order valence-electron chi connectivity index (χ4n) is 2.60. The van der Waals surface area contributed by atoms with Crippen molar-refractivity contribution in [3.05, 3.63) is 70.5 Å². The van der Waals surface area contributed by atoms with Gasteiger partial charge in [0.1, 0.15) is 5.82 Å². The monoisotopic (exact) mass is 285 g/mol. The number of aliphatic carboxylic acids is 1. The Morgan fingerprint density at radius 1 is 1.05 bits per heavy atom. The summed E-state index contributed by atoms with van der Waals surface area (Å²) in [5.74, 6) is -2.76. The number of carbonyl (C=O) groups is 1. The second kappa shape index (κ2) is 6.08. The number of halogens is 1. The van der Waals surface area contributed by atoms with Crippen molar-refractivity contribution in [3.8, 4) is 0 Å². The molecule has 21 heavy (non-hydrogen) atoms. The summed E-state index contributed by atoms with van der Waals surface area (Å²) in [5.41, 5.74) is 2.59. The summed E-state index contributed by atoms with van der Waals surface area (Å²) in [5, 5.41) is 11.7. The molecule has 110 valence electrons. The molecule has 0 aliphatic heterocycles. The Kier molecular flexibility index (Phi) is 4.41. The Morgan fingerprint density at radius 3 is 2.29 bits per heavy atom. The molecule has 1 unspecified atom stereocenters. The number of hydrogen-bond donors (Lipinski definition) is 0. The highest BCUT2D eigenvalue weighted by Gasteiger charge is 2.22. The zero-order valence-corrected chi connectivity index (χ0v) is 12.4. The van der Waals surface area contributed by atoms with Crippen molar-refractivity contribution in [2.24, 2.45) is 0 Å². The van der Waals surface area contributed by atoms with E-state index >= 15 is 0 Å². The van der Waals surface area contributed by atoms with Crippen molar-refractivity contribution >= 4 is 5.97 Å². The number of hydrogen-bond acceptors (Lipinski definition) is 2. The highest BCUT2D eigenvalue weighted by atomic mass is 19.1. The van der Waals surface area contributed by atoms with Crippen molar-refractivity contribution in [1.29, 1.82) is 0 Å². The highest BCUT2D eigenvalue weighted by molar-refractivity contribution is 5.79. The first-order chi connectivity index (χ1) is 9.91. The lowest BCUT2D eigenvalue weighted by molar-refractivity contribution is -0.306. The smallest absolute Gasteiger partial charge is 0.127 e. The van der Waals surface area contributed by atoms with E-state index in [1.54, 1.807) is 12.1 Å². The number of carbonyl (C=O) groups excluding carboxylic acids is 1. The van der Waals surface area contributed by atoms with Crippen LogP contribution in [-0.4, -0.2) is 5.97 Å². The summed E-state index contributed by atoms with van der Waals surface area (Å²) >= 11 is 0. The van der Waals surface area contributed by atoms with Gasteiger partial charge in [-0.15, -0.1) is 0 Å². The van der Waals surface area contributed by atoms with Crippen molar-refractivity contribution in [3.63, 3.8) is 0 Å². The van der Waals surface area contributed by atoms with Gasteiger partial charge in [0.05, 0.1) is 11.9 Å². The van der Waals surface area contributed by atoms with Gasteiger partial charge in [-0.3, -0.25) is 0 Å². The normalized spacial score (nSPS) is 12.4. The third kappa shape index (κ3) is 3.13. The minimum atomic E-state index is -1.28. The van der Waals surface area contributed by atoms with Gasteiger partial charge in [-0.05, 0) is 30.0 Å². The van der Waals surface area contributed by atoms with Crippen LogP contribution in [0.5, 0.6) is 0 Å². The third-order valence-electron chi connectivity index (χ3n) is 3.63. The summed E-state index contributed by atoms with van der Waals surface area (Å²) in [6, 6.07) is 11.6. The van der Waals surface area contributed by atoms with E-state index in [4.69, 9.17) is 0 Å². The topological polar surface area (TPSA) is 40.1 Å². The number of rotatable bonds is 4. The molecule has 1 atom stereocenters. The summed E-state index contributed by atoms with van der Waals surface area (Å²) < 4.78 is 14.0. The van der Waals surface area contributed by atoms with E-state index < -0.39 is 17.7 Å². The van der Waals surface area contributed by atoms with Crippen molar-refractivity contribution in [2.75, 3.05) is 0 Å². The van der Waals surface area contributed by atoms with Gasteiger partial charge in [-0.1, -0.05) is 55.8 Å². The van der Waals surface area contributed by atoms with Gasteiger partial charge in [0.25, 0.3) is 0 Å². The van der Waals surface area contributed by atoms with Crippen LogP contribution in [0.1, 0.15) is 47.9 Å². The van der Waals surface area contributed by atoms with Gasteiger partial charge in [0, 0.05) is 5.56 Å². The van der Waals surface area contributed by atoms with E-state index in [0.29, 0.717) is 5.56 Å². The van der Waals surface area contributed by atoms with E-state index in [2.05, 4.69) is 0 Å². The van der Waals surface area contributed by atoms with Crippen LogP contribution in [0.3, 0.4) is 0 Å². The zero-order valence-electron chi connectivity index (χ0n) is 12.4. The lowest BCUT2D eigenvalue weighted by atomic mass is 9.83. The van der Waals surface area contributed by atoms with Crippen LogP contribution in [0, 0.1) is 12.7 Å². The largest absolute Gasteiger partial charge is 0.549 e. The van der Waals surface area contributed by atoms with E-state index in [0.717, 1.165) is 11.1 Å². The molecule has 0 N–H and O–H groups in total. The maximum atomic E-state index is 14.0. The Labute approximate surface area is 124 Å². The van der Waals surface area contributed by atoms with Gasteiger partial charge < -0.3 is 9.90 Å². The fourth-order valence-corrected chi connectivity index (χ4v) is 2.60. The van der Waals surface area contributed by atoms with Crippen LogP contribution in [0.4, 0.5) is 4.39 Å². The number of aryl methyl sites for hydroxylation is 1. The number of benzene rings is 2. The molecule has 3 heteroatoms. The highest BCUT2D eigenvalue weighted by Crippen LogP contribution is 2.33. The maximum absolute atomic E-state index is 14.0. The minimum Gasteiger partial charge on any atom is -0.549 e. The SMILES string of the molecule is Cc1ccc(C(C)C)c(C(C(=O)[O-])c2ccccc2F)c1. The maximum Gasteiger partial charge on any atom is 0.127 e. The quantitative estimate of drug-likeness (QED) is 0.866. The molecular formula is C18H18FO2-. The molecule has 2 aromatic rings. The molecule has 0 aromatic heterocycles. The fraction of sp³-hybridized carbons (Fsp3) is 0.278. The minimum absolute atomic E-state index is 0.144. The first-order valence-corrected chi connectivity index (χ1v) is 6.97. The molecule has 0 amide bonds. The standard InChI is InChI=1S/C18H19FO2/c1-11(2)13-9-8-12(3)10-15(13)17(18(20)21)14-6-4-5-7-16(14)19/h4-11,17H,1-3H3,(H,20,21)/p-1. The Bertz CT molecular complexity index is 662. The summed E-state index contributed by atoms with van der Waals surface area (Å²) in [7, 11) is 0. The van der Waals surface area contributed by atoms with Crippen molar-refractivity contribution in [2.45, 2.75) is 32.6 Å². The molecule has 0 saturated carbocycles. The van der Waals surface area contributed by atoms with E-state index in [1.165, 1.54) is 12.1 Å². The average Bonchev–Trinajstić information content (AvgIpc) is 2.40. The summed E-state index contributed by atoms with van der Waals surface area (Å²) in [4.78, 5) is 11.7. The molecule has 0 heterocycles. The molecular weight excluding hydrogens is 267 g/mol. The van der Waals surface area contributed by atoms with Gasteiger partial charge in [-0.25, -0.2) is 4.39 Å². The van der Waals surface area contributed by atoms with Crippen LogP contribution in [0.25, 0.3) is 0 Å². The van der Waals surface area contributed by atoms with Gasteiger partial charge in [0.15, 0.2) is 0 Å². The Hall–Kier alpha value is -2.16. The van der Waals surface area contributed by atoms with E-state index in [9.17, 15) is 14.3 Å². The number of carboxylic acid groups (broad SMARTS) is 1. The average molecular weight is 285 g/mol. The predicted molar refractivity (Wildman–Crippen MR) is 78.5 cm³/mol. The third-order valence-corrected chi connectivity index (χ3v) is 3.63. The predicted octanol–water partition coefficient (Wildman–Crippen LogP) is 3.14. The van der Waals surface area contributed by atoms with Crippen LogP contribution in [0.15, 0.2) is 42.5 Å². The van der Waals surface area contributed by atoms with Crippen molar-refractivity contribution in [1.82, 2.24) is 0 Å². The van der Waals surface area contributed by atoms with Gasteiger partial charge in [0.2, 0.25) is 0 Å². The van der Waals surface area contributed by atoms with Crippen LogP contribution in [0.2, 0.25) is 0 Å². The lowest BCUT2D eigenvalue weighted by Gasteiger charge is -2.24. The van der Waals surface area contributed by atoms with Crippen LogP contribution in [-0.2, 0) is 4.79 Å². The van der Waals surface area contributed by atoms with Crippen LogP contribution < -0.4 is 5.11 Å². The molecule has 2 nitrogen and oxygen atoms in total. The molecule has 2 aromatic carbocycles. The molecule has 2 rings (SSSR count). The lowest BCUT2D eigenvalue weighted by Crippen LogP contribution is -2.31. The molecule has 0 aliphatic rings. The summed E-state index contributed by atoms with van der Waals surface area (Å²) in [6.07, 6.45) is 0. The first kappa shape index (κ1) is 15.2.